The van der Waals surface area contributed by atoms with Crippen molar-refractivity contribution in [2.24, 2.45) is 0 Å². The van der Waals surface area contributed by atoms with E-state index in [0.717, 1.165) is 36.5 Å². The lowest BCUT2D eigenvalue weighted by molar-refractivity contribution is 0.271. The summed E-state index contributed by atoms with van der Waals surface area (Å²) in [5, 5.41) is 0.671. The first-order valence-electron chi connectivity index (χ1n) is 6.19. The number of pyridine rings is 1. The summed E-state index contributed by atoms with van der Waals surface area (Å²) in [6, 6.07) is 2.55. The number of halogens is 2. The molecule has 0 aromatic carbocycles. The molecule has 0 radical (unpaired) electrons. The first-order chi connectivity index (χ1) is 8.74. The van der Waals surface area contributed by atoms with Gasteiger partial charge in [0.1, 0.15) is 5.82 Å². The van der Waals surface area contributed by atoms with E-state index in [9.17, 15) is 0 Å². The molecule has 3 heterocycles. The molecule has 1 aromatic heterocycles. The van der Waals surface area contributed by atoms with E-state index in [1.165, 1.54) is 6.42 Å². The monoisotopic (exact) mass is 327 g/mol. The first kappa shape index (κ1) is 12.5. The molecule has 0 amide bonds. The number of anilines is 1. The molecule has 18 heavy (non-hydrogen) atoms. The van der Waals surface area contributed by atoms with Crippen LogP contribution in [0.2, 0.25) is 5.02 Å². The van der Waals surface area contributed by atoms with Gasteiger partial charge in [-0.15, -0.1) is 0 Å². The average molecular weight is 329 g/mol. The molecule has 0 spiro atoms. The van der Waals surface area contributed by atoms with Gasteiger partial charge in [-0.3, -0.25) is 4.90 Å². The van der Waals surface area contributed by atoms with E-state index in [1.807, 2.05) is 6.07 Å². The van der Waals surface area contributed by atoms with Gasteiger partial charge in [0.2, 0.25) is 0 Å². The molecule has 0 N–H and O–H groups in total. The van der Waals surface area contributed by atoms with Crippen molar-refractivity contribution >= 4 is 33.3 Å². The minimum Gasteiger partial charge on any atom is -0.354 e. The largest absolute Gasteiger partial charge is 0.354 e. The third kappa shape index (κ3) is 2.42. The Kier molecular flexibility index (Phi) is 3.59. The Morgan fingerprint density at radius 3 is 2.83 bits per heavy atom. The van der Waals surface area contributed by atoms with Crippen LogP contribution in [0.25, 0.3) is 0 Å². The topological polar surface area (TPSA) is 19.4 Å². The fourth-order valence-electron chi connectivity index (χ4n) is 2.66. The van der Waals surface area contributed by atoms with Crippen molar-refractivity contribution in [2.75, 3.05) is 31.1 Å². The zero-order valence-corrected chi connectivity index (χ0v) is 12.4. The summed E-state index contributed by atoms with van der Waals surface area (Å²) >= 11 is 9.47. The summed E-state index contributed by atoms with van der Waals surface area (Å²) in [6.45, 7) is 4.30. The Hall–Kier alpha value is -0.580. The van der Waals surface area contributed by atoms with E-state index in [4.69, 9.17) is 11.6 Å². The summed E-state index contributed by atoms with van der Waals surface area (Å²) in [4.78, 5) is 9.29. The third-order valence-corrected chi connectivity index (χ3v) is 4.40. The van der Waals surface area contributed by atoms with Gasteiger partial charge in [-0.25, -0.2) is 4.98 Å². The van der Waals surface area contributed by atoms with E-state index >= 15 is 0 Å². The summed E-state index contributed by atoms with van der Waals surface area (Å²) in [6.07, 6.45) is 7.42. The van der Waals surface area contributed by atoms with Crippen molar-refractivity contribution in [2.45, 2.75) is 12.5 Å². The second kappa shape index (κ2) is 5.19. The molecule has 1 atom stereocenters. The minimum atomic E-state index is 0.643. The van der Waals surface area contributed by atoms with Crippen LogP contribution >= 0.6 is 27.5 Å². The van der Waals surface area contributed by atoms with E-state index in [1.54, 1.807) is 6.20 Å². The maximum atomic E-state index is 5.93. The molecule has 0 saturated carbocycles. The number of hydrogen-bond acceptors (Lipinski definition) is 3. The van der Waals surface area contributed by atoms with Crippen molar-refractivity contribution in [1.82, 2.24) is 9.88 Å². The highest BCUT2D eigenvalue weighted by atomic mass is 79.9. The molecule has 96 valence electrons. The zero-order chi connectivity index (χ0) is 12.5. The van der Waals surface area contributed by atoms with Gasteiger partial charge < -0.3 is 4.90 Å². The van der Waals surface area contributed by atoms with Crippen LogP contribution < -0.4 is 4.90 Å². The maximum absolute atomic E-state index is 5.93. The van der Waals surface area contributed by atoms with Crippen LogP contribution in [-0.4, -0.2) is 42.1 Å². The second-order valence-corrected chi connectivity index (χ2v) is 6.06. The van der Waals surface area contributed by atoms with Crippen LogP contribution in [0, 0.1) is 0 Å². The first-order valence-corrected chi connectivity index (χ1v) is 7.36. The van der Waals surface area contributed by atoms with Crippen molar-refractivity contribution < 1.29 is 0 Å². The van der Waals surface area contributed by atoms with Crippen LogP contribution in [0.1, 0.15) is 6.42 Å². The van der Waals surface area contributed by atoms with Crippen molar-refractivity contribution in [3.63, 3.8) is 0 Å². The number of hydrogen-bond donors (Lipinski definition) is 0. The fraction of sp³-hybridized carbons (Fsp3) is 0.462. The summed E-state index contributed by atoms with van der Waals surface area (Å²) < 4.78 is 0.982. The van der Waals surface area contributed by atoms with Crippen molar-refractivity contribution in [3.8, 4) is 0 Å². The lowest BCUT2D eigenvalue weighted by Crippen LogP contribution is -2.35. The Labute approximate surface area is 121 Å². The van der Waals surface area contributed by atoms with Gasteiger partial charge in [0.15, 0.2) is 0 Å². The lowest BCUT2D eigenvalue weighted by atomic mass is 10.2. The molecule has 3 nitrogen and oxygen atoms in total. The quantitative estimate of drug-likeness (QED) is 0.778. The summed E-state index contributed by atoms with van der Waals surface area (Å²) in [5.41, 5.74) is 0. The van der Waals surface area contributed by atoms with E-state index in [0.29, 0.717) is 11.1 Å². The van der Waals surface area contributed by atoms with Gasteiger partial charge in [-0.1, -0.05) is 23.8 Å². The standard InChI is InChI=1S/C13H15BrClN3/c14-12-7-10(15)8-16-13(12)18-6-3-11(9-18)17-4-1-2-5-17/h1-2,7-8,11H,3-6,9H2/t11-/m0/s1. The fourth-order valence-corrected chi connectivity index (χ4v) is 3.55. The Morgan fingerprint density at radius 2 is 2.11 bits per heavy atom. The van der Waals surface area contributed by atoms with E-state index in [2.05, 4.69) is 42.9 Å². The molecule has 5 heteroatoms. The highest BCUT2D eigenvalue weighted by Gasteiger charge is 2.29. The highest BCUT2D eigenvalue weighted by molar-refractivity contribution is 9.10. The average Bonchev–Trinajstić information content (AvgIpc) is 2.99. The van der Waals surface area contributed by atoms with Crippen LogP contribution in [0.5, 0.6) is 0 Å². The molecular formula is C13H15BrClN3. The predicted octanol–water partition coefficient (Wildman–Crippen LogP) is 2.95. The summed E-state index contributed by atoms with van der Waals surface area (Å²) in [7, 11) is 0. The van der Waals surface area contributed by atoms with Crippen molar-refractivity contribution in [1.29, 1.82) is 0 Å². The van der Waals surface area contributed by atoms with Crippen LogP contribution in [0.4, 0.5) is 5.82 Å². The maximum Gasteiger partial charge on any atom is 0.143 e. The Morgan fingerprint density at radius 1 is 1.33 bits per heavy atom. The van der Waals surface area contributed by atoms with Crippen LogP contribution in [-0.2, 0) is 0 Å². The number of nitrogens with zero attached hydrogens (tertiary/aromatic N) is 3. The van der Waals surface area contributed by atoms with Gasteiger partial charge in [-0.2, -0.15) is 0 Å². The van der Waals surface area contributed by atoms with Crippen molar-refractivity contribution in [3.05, 3.63) is 33.9 Å². The van der Waals surface area contributed by atoms with Gasteiger partial charge in [0.25, 0.3) is 0 Å². The molecule has 1 saturated heterocycles. The molecule has 2 aliphatic rings. The summed E-state index contributed by atoms with van der Waals surface area (Å²) in [5.74, 6) is 1.01. The molecular weight excluding hydrogens is 314 g/mol. The Bertz CT molecular complexity index is 469. The smallest absolute Gasteiger partial charge is 0.143 e. The highest BCUT2D eigenvalue weighted by Crippen LogP contribution is 2.30. The van der Waals surface area contributed by atoms with Gasteiger partial charge in [0, 0.05) is 38.4 Å². The molecule has 0 unspecified atom stereocenters. The lowest BCUT2D eigenvalue weighted by Gasteiger charge is -2.24. The minimum absolute atomic E-state index is 0.643. The molecule has 3 rings (SSSR count). The third-order valence-electron chi connectivity index (χ3n) is 3.61. The number of aromatic nitrogens is 1. The molecule has 0 aliphatic carbocycles. The van der Waals surface area contributed by atoms with Gasteiger partial charge in [0.05, 0.1) is 9.50 Å². The zero-order valence-electron chi connectivity index (χ0n) is 10.0. The van der Waals surface area contributed by atoms with Gasteiger partial charge in [-0.05, 0) is 28.4 Å². The van der Waals surface area contributed by atoms with Crippen LogP contribution in [0.15, 0.2) is 28.9 Å². The van der Waals surface area contributed by atoms with Gasteiger partial charge >= 0.3 is 0 Å². The van der Waals surface area contributed by atoms with E-state index < -0.39 is 0 Å². The normalized spacial score (nSPS) is 24.1. The van der Waals surface area contributed by atoms with E-state index in [-0.39, 0.29) is 0 Å². The molecule has 1 fully saturated rings. The Balaban J connectivity index is 1.71. The molecule has 2 aliphatic heterocycles. The SMILES string of the molecule is Clc1cnc(N2CC[C@H](N3CC=CC3)C2)c(Br)c1. The number of rotatable bonds is 2. The molecule has 1 aromatic rings. The second-order valence-electron chi connectivity index (χ2n) is 4.77. The van der Waals surface area contributed by atoms with Crippen LogP contribution in [0.3, 0.4) is 0 Å². The predicted molar refractivity (Wildman–Crippen MR) is 78.3 cm³/mol. The molecule has 0 bridgehead atoms.